The van der Waals surface area contributed by atoms with Gasteiger partial charge in [0, 0.05) is 37.0 Å². The number of piperidine rings is 1. The topological polar surface area (TPSA) is 117 Å². The number of rotatable bonds is 5. The molecule has 3 rings (SSSR count). The van der Waals surface area contributed by atoms with Crippen LogP contribution in [-0.4, -0.2) is 76.3 Å². The van der Waals surface area contributed by atoms with E-state index < -0.39 is 36.9 Å². The Hall–Kier alpha value is -1.75. The second-order valence-electron chi connectivity index (χ2n) is 8.37. The van der Waals surface area contributed by atoms with Gasteiger partial charge in [-0.1, -0.05) is 0 Å². The molecule has 2 aliphatic rings. The van der Waals surface area contributed by atoms with Crippen LogP contribution >= 0.6 is 0 Å². The highest BCUT2D eigenvalue weighted by atomic mass is 16.7. The van der Waals surface area contributed by atoms with Crippen LogP contribution in [0.5, 0.6) is 0 Å². The summed E-state index contributed by atoms with van der Waals surface area (Å²) in [6, 6.07) is -0.0334. The molecule has 1 atom stereocenters. The van der Waals surface area contributed by atoms with Crippen molar-refractivity contribution in [1.82, 2.24) is 15.3 Å². The summed E-state index contributed by atoms with van der Waals surface area (Å²) >= 11 is 0. The zero-order valence-electron chi connectivity index (χ0n) is 16.9. The molecule has 0 saturated carbocycles. The van der Waals surface area contributed by atoms with E-state index in [1.54, 1.807) is 12.4 Å². The van der Waals surface area contributed by atoms with Crippen LogP contribution in [0.15, 0.2) is 12.4 Å². The van der Waals surface area contributed by atoms with Gasteiger partial charge in [-0.05, 0) is 40.5 Å². The summed E-state index contributed by atoms with van der Waals surface area (Å²) in [4.78, 5) is 22.6. The summed E-state index contributed by atoms with van der Waals surface area (Å²) in [7, 11) is -0.488. The third kappa shape index (κ3) is 4.30. The van der Waals surface area contributed by atoms with Crippen LogP contribution in [-0.2, 0) is 14.1 Å². The van der Waals surface area contributed by atoms with Gasteiger partial charge in [0.25, 0.3) is 5.91 Å². The van der Waals surface area contributed by atoms with Crippen molar-refractivity contribution in [3.05, 3.63) is 12.4 Å². The Kier molecular flexibility index (Phi) is 5.95. The van der Waals surface area contributed by atoms with E-state index in [2.05, 4.69) is 20.2 Å². The number of carbonyl (C=O) groups is 1. The summed E-state index contributed by atoms with van der Waals surface area (Å²) in [5, 5.41) is 20.9. The predicted octanol–water partition coefficient (Wildman–Crippen LogP) is -0.786. The van der Waals surface area contributed by atoms with E-state index in [1.807, 2.05) is 27.7 Å². The molecule has 2 saturated heterocycles. The average Bonchev–Trinajstić information content (AvgIpc) is 2.89. The number of aliphatic hydroxyl groups excluding tert-OH is 2. The van der Waals surface area contributed by atoms with Crippen LogP contribution in [0.2, 0.25) is 0 Å². The van der Waals surface area contributed by atoms with Gasteiger partial charge in [-0.25, -0.2) is 9.97 Å². The Labute approximate surface area is 165 Å². The molecule has 154 valence electrons. The van der Waals surface area contributed by atoms with Crippen molar-refractivity contribution in [1.29, 1.82) is 0 Å². The summed E-state index contributed by atoms with van der Waals surface area (Å²) < 4.78 is 12.0. The maximum atomic E-state index is 11.7. The van der Waals surface area contributed by atoms with Crippen LogP contribution in [0.25, 0.3) is 0 Å². The second kappa shape index (κ2) is 7.94. The second-order valence-corrected chi connectivity index (χ2v) is 8.37. The zero-order chi connectivity index (χ0) is 20.5. The van der Waals surface area contributed by atoms with E-state index in [0.717, 1.165) is 5.46 Å². The first-order valence-electron chi connectivity index (χ1n) is 9.65. The molecular weight excluding hydrogens is 363 g/mol. The smallest absolute Gasteiger partial charge is 0.399 e. The molecule has 0 aromatic carbocycles. The molecule has 1 aromatic rings. The SMILES string of the molecule is CC1(C)OB(c2cnc(N3CCC(NC(=O)[C@H](O)CO)CC3)nc2)OC1(C)C. The van der Waals surface area contributed by atoms with Crippen LogP contribution in [0.1, 0.15) is 40.5 Å². The van der Waals surface area contributed by atoms with Crippen molar-refractivity contribution in [2.75, 3.05) is 24.6 Å². The molecule has 3 heterocycles. The van der Waals surface area contributed by atoms with Gasteiger partial charge in [0.05, 0.1) is 17.8 Å². The first-order valence-corrected chi connectivity index (χ1v) is 9.65. The lowest BCUT2D eigenvalue weighted by molar-refractivity contribution is -0.132. The third-order valence-corrected chi connectivity index (χ3v) is 5.78. The first kappa shape index (κ1) is 21.0. The van der Waals surface area contributed by atoms with Gasteiger partial charge < -0.3 is 29.7 Å². The average molecular weight is 392 g/mol. The molecule has 0 bridgehead atoms. The lowest BCUT2D eigenvalue weighted by Gasteiger charge is -2.32. The van der Waals surface area contributed by atoms with E-state index in [0.29, 0.717) is 31.9 Å². The summed E-state index contributed by atoms with van der Waals surface area (Å²) in [6.45, 7) is 8.82. The molecule has 9 nitrogen and oxygen atoms in total. The number of amides is 1. The minimum atomic E-state index is -1.37. The van der Waals surface area contributed by atoms with Crippen molar-refractivity contribution in [2.24, 2.45) is 0 Å². The van der Waals surface area contributed by atoms with Gasteiger partial charge in [-0.3, -0.25) is 4.79 Å². The van der Waals surface area contributed by atoms with Crippen molar-refractivity contribution >= 4 is 24.4 Å². The quantitative estimate of drug-likeness (QED) is 0.559. The number of nitrogens with one attached hydrogen (secondary N) is 1. The van der Waals surface area contributed by atoms with E-state index in [9.17, 15) is 9.90 Å². The number of hydrogen-bond acceptors (Lipinski definition) is 8. The maximum absolute atomic E-state index is 11.7. The van der Waals surface area contributed by atoms with Crippen LogP contribution in [0.3, 0.4) is 0 Å². The Bertz CT molecular complexity index is 676. The summed E-state index contributed by atoms with van der Waals surface area (Å²) in [5.74, 6) is 0.0874. The molecule has 2 fully saturated rings. The van der Waals surface area contributed by atoms with Crippen molar-refractivity contribution < 1.29 is 24.3 Å². The van der Waals surface area contributed by atoms with Crippen LogP contribution in [0, 0.1) is 0 Å². The fourth-order valence-electron chi connectivity index (χ4n) is 3.20. The van der Waals surface area contributed by atoms with Gasteiger partial charge in [0.15, 0.2) is 6.10 Å². The molecule has 10 heteroatoms. The van der Waals surface area contributed by atoms with Gasteiger partial charge in [-0.15, -0.1) is 0 Å². The standard InChI is InChI=1S/C18H29BN4O5/c1-17(2)18(3,4)28-19(27-17)12-9-20-16(21-10-12)23-7-5-13(6-8-23)22-15(26)14(25)11-24/h9-10,13-14,24-25H,5-8,11H2,1-4H3,(H,22,26)/t14-/m1/s1. The molecule has 28 heavy (non-hydrogen) atoms. The molecule has 2 aliphatic heterocycles. The van der Waals surface area contributed by atoms with Crippen molar-refractivity contribution in [2.45, 2.75) is 63.9 Å². The number of aliphatic hydroxyl groups is 2. The Morgan fingerprint density at radius 2 is 1.79 bits per heavy atom. The third-order valence-electron chi connectivity index (χ3n) is 5.78. The molecule has 1 amide bonds. The highest BCUT2D eigenvalue weighted by Gasteiger charge is 2.52. The Morgan fingerprint density at radius 1 is 1.25 bits per heavy atom. The van der Waals surface area contributed by atoms with Gasteiger partial charge in [0.1, 0.15) is 0 Å². The van der Waals surface area contributed by atoms with Gasteiger partial charge >= 0.3 is 7.12 Å². The lowest BCUT2D eigenvalue weighted by atomic mass is 9.81. The van der Waals surface area contributed by atoms with E-state index >= 15 is 0 Å². The molecule has 1 aromatic heterocycles. The molecular formula is C18H29BN4O5. The van der Waals surface area contributed by atoms with Crippen molar-refractivity contribution in [3.8, 4) is 0 Å². The monoisotopic (exact) mass is 392 g/mol. The fraction of sp³-hybridized carbons (Fsp3) is 0.722. The minimum Gasteiger partial charge on any atom is -0.399 e. The number of hydrogen-bond donors (Lipinski definition) is 3. The molecule has 0 aliphatic carbocycles. The van der Waals surface area contributed by atoms with Crippen LogP contribution in [0.4, 0.5) is 5.95 Å². The lowest BCUT2D eigenvalue weighted by Crippen LogP contribution is -2.48. The molecule has 0 spiro atoms. The highest BCUT2D eigenvalue weighted by Crippen LogP contribution is 2.36. The highest BCUT2D eigenvalue weighted by molar-refractivity contribution is 6.61. The largest absolute Gasteiger partial charge is 0.498 e. The summed E-state index contributed by atoms with van der Waals surface area (Å²) in [5.41, 5.74) is -0.0408. The number of carbonyl (C=O) groups excluding carboxylic acids is 1. The normalized spacial score (nSPS) is 22.9. The maximum Gasteiger partial charge on any atom is 0.498 e. The number of nitrogens with zero attached hydrogens (tertiary/aromatic N) is 3. The number of aromatic nitrogens is 2. The molecule has 0 unspecified atom stereocenters. The molecule has 0 radical (unpaired) electrons. The first-order chi connectivity index (χ1) is 13.1. The van der Waals surface area contributed by atoms with E-state index in [4.69, 9.17) is 14.4 Å². The number of anilines is 1. The van der Waals surface area contributed by atoms with Gasteiger partial charge in [0.2, 0.25) is 5.95 Å². The van der Waals surface area contributed by atoms with E-state index in [-0.39, 0.29) is 6.04 Å². The van der Waals surface area contributed by atoms with Crippen LogP contribution < -0.4 is 15.7 Å². The predicted molar refractivity (Wildman–Crippen MR) is 104 cm³/mol. The van der Waals surface area contributed by atoms with Crippen molar-refractivity contribution in [3.63, 3.8) is 0 Å². The fourth-order valence-corrected chi connectivity index (χ4v) is 3.20. The minimum absolute atomic E-state index is 0.0334. The summed E-state index contributed by atoms with van der Waals surface area (Å²) in [6.07, 6.45) is 3.52. The van der Waals surface area contributed by atoms with Gasteiger partial charge in [-0.2, -0.15) is 0 Å². The van der Waals surface area contributed by atoms with E-state index in [1.165, 1.54) is 0 Å². The zero-order valence-corrected chi connectivity index (χ0v) is 16.9. The Balaban J connectivity index is 1.55. The molecule has 3 N–H and O–H groups in total. The Morgan fingerprint density at radius 3 is 2.29 bits per heavy atom.